The summed E-state index contributed by atoms with van der Waals surface area (Å²) in [7, 11) is 0. The number of fused-ring (bicyclic) bond motifs is 3. The summed E-state index contributed by atoms with van der Waals surface area (Å²) in [6, 6.07) is 7.43. The Bertz CT molecular complexity index is 642. The molecular formula is C18H22N2O4. The second kappa shape index (κ2) is 6.53. The number of hydrogen-bond donors (Lipinski definition) is 1. The molecule has 2 fully saturated rings. The van der Waals surface area contributed by atoms with Gasteiger partial charge in [0.25, 0.3) is 0 Å². The predicted octanol–water partition coefficient (Wildman–Crippen LogP) is 1.65. The van der Waals surface area contributed by atoms with E-state index in [-0.39, 0.29) is 36.5 Å². The molecule has 1 aromatic rings. The number of nitrogens with one attached hydrogen (secondary N) is 1. The van der Waals surface area contributed by atoms with E-state index in [1.807, 2.05) is 24.3 Å². The van der Waals surface area contributed by atoms with Gasteiger partial charge in [-0.15, -0.1) is 0 Å². The lowest BCUT2D eigenvalue weighted by Crippen LogP contribution is -2.56. The summed E-state index contributed by atoms with van der Waals surface area (Å²) in [5, 5.41) is 2.98. The van der Waals surface area contributed by atoms with Crippen LogP contribution in [-0.2, 0) is 20.7 Å². The van der Waals surface area contributed by atoms with Gasteiger partial charge in [0, 0.05) is 6.61 Å². The van der Waals surface area contributed by atoms with Crippen LogP contribution < -0.4 is 5.32 Å². The molecule has 2 saturated heterocycles. The van der Waals surface area contributed by atoms with Crippen molar-refractivity contribution < 1.29 is 19.1 Å². The first-order chi connectivity index (χ1) is 11.7. The minimum atomic E-state index is -0.321. The molecular weight excluding hydrogens is 308 g/mol. The summed E-state index contributed by atoms with van der Waals surface area (Å²) in [6.45, 7) is 1.96. The van der Waals surface area contributed by atoms with Crippen molar-refractivity contribution in [2.75, 3.05) is 26.4 Å². The zero-order chi connectivity index (χ0) is 16.5. The number of carbonyl (C=O) groups excluding carboxylic acids is 2. The zero-order valence-corrected chi connectivity index (χ0v) is 13.6. The fourth-order valence-electron chi connectivity index (χ4n) is 3.87. The largest absolute Gasteiger partial charge is 0.377 e. The summed E-state index contributed by atoms with van der Waals surface area (Å²) < 4.78 is 11.1. The van der Waals surface area contributed by atoms with Gasteiger partial charge in [0.15, 0.2) is 0 Å². The van der Waals surface area contributed by atoms with E-state index in [9.17, 15) is 9.59 Å². The first-order valence-electron chi connectivity index (χ1n) is 8.63. The summed E-state index contributed by atoms with van der Waals surface area (Å²) in [5.74, 6) is -0.293. The molecule has 0 bridgehead atoms. The number of rotatable bonds is 5. The van der Waals surface area contributed by atoms with E-state index in [1.165, 1.54) is 4.90 Å². The highest BCUT2D eigenvalue weighted by molar-refractivity contribution is 5.99. The van der Waals surface area contributed by atoms with Gasteiger partial charge in [-0.1, -0.05) is 24.3 Å². The maximum atomic E-state index is 12.7. The molecule has 2 aliphatic heterocycles. The summed E-state index contributed by atoms with van der Waals surface area (Å²) in [6.07, 6.45) is 2.94. The number of urea groups is 1. The van der Waals surface area contributed by atoms with Gasteiger partial charge in [-0.3, -0.25) is 9.69 Å². The lowest BCUT2D eigenvalue weighted by Gasteiger charge is -2.34. The number of nitrogens with zero attached hydrogens (tertiary/aromatic N) is 1. The van der Waals surface area contributed by atoms with Gasteiger partial charge in [-0.25, -0.2) is 4.79 Å². The molecule has 3 atom stereocenters. The van der Waals surface area contributed by atoms with Gasteiger partial charge in [0.1, 0.15) is 0 Å². The Morgan fingerprint density at radius 2 is 2.17 bits per heavy atom. The molecule has 1 aromatic carbocycles. The lowest BCUT2D eigenvalue weighted by atomic mass is 9.97. The van der Waals surface area contributed by atoms with Crippen molar-refractivity contribution >= 4 is 11.9 Å². The monoisotopic (exact) mass is 330 g/mol. The summed E-state index contributed by atoms with van der Waals surface area (Å²) in [4.78, 5) is 26.3. The Kier molecular flexibility index (Phi) is 4.24. The molecule has 0 spiro atoms. The highest BCUT2D eigenvalue weighted by atomic mass is 16.5. The second-order valence-corrected chi connectivity index (χ2v) is 6.64. The fourth-order valence-corrected chi connectivity index (χ4v) is 3.87. The maximum Gasteiger partial charge on any atom is 0.324 e. The normalized spacial score (nSPS) is 28.7. The number of carbonyl (C=O) groups is 2. The van der Waals surface area contributed by atoms with E-state index in [1.54, 1.807) is 0 Å². The van der Waals surface area contributed by atoms with E-state index in [4.69, 9.17) is 9.47 Å². The van der Waals surface area contributed by atoms with Crippen LogP contribution in [0.3, 0.4) is 0 Å². The predicted molar refractivity (Wildman–Crippen MR) is 86.4 cm³/mol. The molecule has 6 heteroatoms. The Morgan fingerprint density at radius 3 is 3.00 bits per heavy atom. The Hall–Kier alpha value is -1.92. The molecule has 2 heterocycles. The van der Waals surface area contributed by atoms with Crippen LogP contribution in [-0.4, -0.2) is 49.3 Å². The van der Waals surface area contributed by atoms with Crippen LogP contribution >= 0.6 is 0 Å². The first-order valence-corrected chi connectivity index (χ1v) is 8.63. The van der Waals surface area contributed by atoms with Crippen LogP contribution in [0.15, 0.2) is 24.3 Å². The molecule has 3 amide bonds. The Morgan fingerprint density at radius 1 is 1.29 bits per heavy atom. The van der Waals surface area contributed by atoms with E-state index in [0.29, 0.717) is 19.6 Å². The first kappa shape index (κ1) is 15.6. The highest BCUT2D eigenvalue weighted by Gasteiger charge is 2.45. The van der Waals surface area contributed by atoms with Gasteiger partial charge in [-0.05, 0) is 30.4 Å². The Labute approximate surface area is 141 Å². The van der Waals surface area contributed by atoms with Gasteiger partial charge in [0.2, 0.25) is 5.91 Å². The summed E-state index contributed by atoms with van der Waals surface area (Å²) in [5.41, 5.74) is 2.22. The molecule has 6 nitrogen and oxygen atoms in total. The van der Waals surface area contributed by atoms with Crippen molar-refractivity contribution in [3.63, 3.8) is 0 Å². The average molecular weight is 330 g/mol. The van der Waals surface area contributed by atoms with Crippen molar-refractivity contribution in [2.45, 2.75) is 31.4 Å². The average Bonchev–Trinajstić information content (AvgIpc) is 3.22. The van der Waals surface area contributed by atoms with Crippen LogP contribution in [0.25, 0.3) is 0 Å². The van der Waals surface area contributed by atoms with E-state index in [0.717, 1.165) is 30.6 Å². The molecule has 0 saturated carbocycles. The van der Waals surface area contributed by atoms with Crippen LogP contribution in [0.2, 0.25) is 0 Å². The second-order valence-electron chi connectivity index (χ2n) is 6.64. The molecule has 1 unspecified atom stereocenters. The third-order valence-electron chi connectivity index (χ3n) is 5.13. The number of amides is 3. The molecule has 3 aliphatic rings. The number of ether oxygens (including phenoxy) is 2. The molecule has 1 aliphatic carbocycles. The van der Waals surface area contributed by atoms with Gasteiger partial charge in [0.05, 0.1) is 37.8 Å². The fraction of sp³-hybridized carbons (Fsp3) is 0.556. The third kappa shape index (κ3) is 2.80. The van der Waals surface area contributed by atoms with Crippen LogP contribution in [0, 0.1) is 5.92 Å². The molecule has 24 heavy (non-hydrogen) atoms. The van der Waals surface area contributed by atoms with E-state index < -0.39 is 0 Å². The van der Waals surface area contributed by atoms with Gasteiger partial charge >= 0.3 is 6.03 Å². The zero-order valence-electron chi connectivity index (χ0n) is 13.6. The minimum absolute atomic E-state index is 0.0966. The molecule has 4 rings (SSSR count). The van der Waals surface area contributed by atoms with Crippen LogP contribution in [0.5, 0.6) is 0 Å². The molecule has 128 valence electrons. The molecule has 1 N–H and O–H groups in total. The standard InChI is InChI=1S/C18H22N2O4/c21-17-15-10-12-4-1-2-6-14(12)16(15)19-18(22)20(17)7-9-23-11-13-5-3-8-24-13/h1-2,4,6,13,15-16H,3,5,7-11H2,(H,19,22)/t13?,15-,16+/m1/s1. The van der Waals surface area contributed by atoms with Crippen molar-refractivity contribution in [3.05, 3.63) is 35.4 Å². The smallest absolute Gasteiger partial charge is 0.324 e. The number of imide groups is 1. The molecule has 0 radical (unpaired) electrons. The SMILES string of the molecule is O=C1N[C@H]2c3ccccc3C[C@H]2C(=O)N1CCOCC1CCCO1. The van der Waals surface area contributed by atoms with E-state index >= 15 is 0 Å². The van der Waals surface area contributed by atoms with Gasteiger partial charge in [-0.2, -0.15) is 0 Å². The minimum Gasteiger partial charge on any atom is -0.377 e. The van der Waals surface area contributed by atoms with Crippen LogP contribution in [0.4, 0.5) is 4.79 Å². The van der Waals surface area contributed by atoms with Crippen molar-refractivity contribution in [1.29, 1.82) is 0 Å². The number of hydrogen-bond acceptors (Lipinski definition) is 4. The molecule has 0 aromatic heterocycles. The summed E-state index contributed by atoms with van der Waals surface area (Å²) >= 11 is 0. The topological polar surface area (TPSA) is 67.9 Å². The quantitative estimate of drug-likeness (QED) is 0.834. The Balaban J connectivity index is 1.35. The van der Waals surface area contributed by atoms with Crippen molar-refractivity contribution in [3.8, 4) is 0 Å². The third-order valence-corrected chi connectivity index (χ3v) is 5.13. The van der Waals surface area contributed by atoms with Crippen molar-refractivity contribution in [1.82, 2.24) is 10.2 Å². The van der Waals surface area contributed by atoms with Gasteiger partial charge < -0.3 is 14.8 Å². The maximum absolute atomic E-state index is 12.7. The lowest BCUT2D eigenvalue weighted by molar-refractivity contribution is -0.135. The number of benzene rings is 1. The highest BCUT2D eigenvalue weighted by Crippen LogP contribution is 2.39. The van der Waals surface area contributed by atoms with Crippen molar-refractivity contribution in [2.24, 2.45) is 5.92 Å². The van der Waals surface area contributed by atoms with Crippen LogP contribution in [0.1, 0.15) is 30.0 Å². The van der Waals surface area contributed by atoms with E-state index in [2.05, 4.69) is 5.32 Å².